The van der Waals surface area contributed by atoms with Crippen molar-refractivity contribution in [2.24, 2.45) is 17.8 Å². The predicted molar refractivity (Wildman–Crippen MR) is 304 cm³/mol. The summed E-state index contributed by atoms with van der Waals surface area (Å²) >= 11 is 0. The summed E-state index contributed by atoms with van der Waals surface area (Å²) in [4.78, 5) is 97.7. The summed E-state index contributed by atoms with van der Waals surface area (Å²) < 4.78 is 174. The average molecular weight is 1310 g/mol. The van der Waals surface area contributed by atoms with Crippen LogP contribution in [0.3, 0.4) is 0 Å². The van der Waals surface area contributed by atoms with Gasteiger partial charge in [-0.15, -0.1) is 0 Å². The van der Waals surface area contributed by atoms with Gasteiger partial charge < -0.3 is 28.9 Å². The van der Waals surface area contributed by atoms with Crippen LogP contribution in [0.25, 0.3) is 0 Å². The van der Waals surface area contributed by atoms with Crippen LogP contribution in [0.1, 0.15) is 50.1 Å². The van der Waals surface area contributed by atoms with E-state index in [9.17, 15) is 81.5 Å². The third kappa shape index (κ3) is 14.8. The van der Waals surface area contributed by atoms with E-state index < -0.39 is 126 Å². The standard InChI is InChI=1S/3C21H19F4N3O3/c3*1-12-6-16(22)19(26-7-12)28-9-17(29)27(18(20(28)30)14-10-31-11-14)8-13-2-4-15(5-3-13)21(23,24)25/h3*2-7,14,18H,8-11H2,1H3/t2*18-;/m10./s1. The molecule has 6 saturated heterocycles. The van der Waals surface area contributed by atoms with Crippen LogP contribution in [0.15, 0.2) is 110 Å². The Morgan fingerprint density at radius 2 is 0.613 bits per heavy atom. The smallest absolute Gasteiger partial charge is 0.380 e. The molecule has 6 fully saturated rings. The Bertz CT molecular complexity index is 3410. The Kier molecular flexibility index (Phi) is 19.3. The van der Waals surface area contributed by atoms with Crippen molar-refractivity contribution in [2.75, 3.05) is 74.0 Å². The van der Waals surface area contributed by atoms with E-state index in [-0.39, 0.29) is 94.5 Å². The number of halogens is 12. The molecular formula is C63H57F12N9O9. The van der Waals surface area contributed by atoms with Gasteiger partial charge in [-0.05, 0) is 109 Å². The summed E-state index contributed by atoms with van der Waals surface area (Å²) in [5.74, 6) is -6.46. The van der Waals surface area contributed by atoms with Gasteiger partial charge in [0.25, 0.3) is 17.7 Å². The molecule has 3 aromatic heterocycles. The molecule has 492 valence electrons. The van der Waals surface area contributed by atoms with Gasteiger partial charge in [-0.1, -0.05) is 36.4 Å². The molecule has 0 saturated carbocycles. The summed E-state index contributed by atoms with van der Waals surface area (Å²) in [7, 11) is 0. The number of carbonyl (C=O) groups excluding carboxylic acids is 6. The lowest BCUT2D eigenvalue weighted by atomic mass is 9.92. The minimum Gasteiger partial charge on any atom is -0.380 e. The minimum absolute atomic E-state index is 0.0402. The van der Waals surface area contributed by atoms with Crippen LogP contribution in [0.4, 0.5) is 70.1 Å². The molecule has 0 bridgehead atoms. The van der Waals surface area contributed by atoms with E-state index in [4.69, 9.17) is 14.2 Å². The van der Waals surface area contributed by atoms with Gasteiger partial charge in [0.15, 0.2) is 34.9 Å². The molecule has 12 rings (SSSR count). The maximum Gasteiger partial charge on any atom is 0.416 e. The van der Waals surface area contributed by atoms with E-state index in [0.29, 0.717) is 33.4 Å². The molecule has 93 heavy (non-hydrogen) atoms. The average Bonchev–Trinajstić information content (AvgIpc) is 0.793. The lowest BCUT2D eigenvalue weighted by Gasteiger charge is -2.45. The monoisotopic (exact) mass is 1310 g/mol. The van der Waals surface area contributed by atoms with E-state index in [0.717, 1.165) is 51.1 Å². The summed E-state index contributed by atoms with van der Waals surface area (Å²) in [6, 6.07) is 14.2. The number of carbonyl (C=O) groups is 6. The number of benzene rings is 3. The first-order valence-corrected chi connectivity index (χ1v) is 28.9. The highest BCUT2D eigenvalue weighted by Gasteiger charge is 2.51. The van der Waals surface area contributed by atoms with Crippen LogP contribution in [-0.2, 0) is 81.1 Å². The Balaban J connectivity index is 0.000000153. The molecule has 9 heterocycles. The number of nitrogens with zero attached hydrogens (tertiary/aromatic N) is 9. The van der Waals surface area contributed by atoms with Gasteiger partial charge in [-0.25, -0.2) is 28.1 Å². The molecule has 1 unspecified atom stereocenters. The van der Waals surface area contributed by atoms with Gasteiger partial charge in [0.05, 0.1) is 56.3 Å². The van der Waals surface area contributed by atoms with E-state index >= 15 is 0 Å². The van der Waals surface area contributed by atoms with Gasteiger partial charge >= 0.3 is 18.5 Å². The highest BCUT2D eigenvalue weighted by molar-refractivity contribution is 6.08. The van der Waals surface area contributed by atoms with Gasteiger partial charge in [-0.3, -0.25) is 43.5 Å². The fraction of sp³-hybridized carbons (Fsp3) is 0.381. The SMILES string of the molecule is Cc1cnc(N2CC(=O)N(Cc3ccc(C(F)(F)F)cc3)C(C3COC3)C2=O)c(F)c1.Cc1cnc(N2CC(=O)N(Cc3ccc(C(F)(F)F)cc3)[C@@H](C3COC3)C2=O)c(F)c1.Cc1cnc(N2CC(=O)N(Cc3ccc(C(F)(F)F)cc3)[C@H](C3COC3)C2=O)c(F)c1. The third-order valence-electron chi connectivity index (χ3n) is 16.3. The third-order valence-corrected chi connectivity index (χ3v) is 16.3. The van der Waals surface area contributed by atoms with Crippen LogP contribution >= 0.6 is 0 Å². The number of aromatic nitrogens is 3. The molecule has 3 atom stereocenters. The number of aryl methyl sites for hydroxylation is 3. The molecule has 6 aliphatic heterocycles. The van der Waals surface area contributed by atoms with Crippen molar-refractivity contribution in [3.8, 4) is 0 Å². The van der Waals surface area contributed by atoms with Crippen molar-refractivity contribution < 1.29 is 95.7 Å². The van der Waals surface area contributed by atoms with Crippen molar-refractivity contribution in [3.05, 3.63) is 177 Å². The summed E-state index contributed by atoms with van der Waals surface area (Å²) in [5, 5.41) is 0. The van der Waals surface area contributed by atoms with Crippen molar-refractivity contribution >= 4 is 52.9 Å². The van der Waals surface area contributed by atoms with E-state index in [1.807, 2.05) is 0 Å². The second-order valence-corrected chi connectivity index (χ2v) is 23.1. The molecule has 18 nitrogen and oxygen atoms in total. The quantitative estimate of drug-likeness (QED) is 0.106. The summed E-state index contributed by atoms with van der Waals surface area (Å²) in [6.45, 7) is 5.16. The molecule has 6 aromatic rings. The number of rotatable bonds is 12. The lowest BCUT2D eigenvalue weighted by molar-refractivity contribution is -0.155. The highest BCUT2D eigenvalue weighted by Crippen LogP contribution is 2.37. The Morgan fingerprint density at radius 1 is 0.387 bits per heavy atom. The van der Waals surface area contributed by atoms with Crippen LogP contribution in [0.5, 0.6) is 0 Å². The number of alkyl halides is 9. The van der Waals surface area contributed by atoms with Crippen LogP contribution in [-0.4, -0.2) is 142 Å². The topological polar surface area (TPSA) is 188 Å². The zero-order valence-corrected chi connectivity index (χ0v) is 49.6. The number of piperazine rings is 3. The second-order valence-electron chi connectivity index (χ2n) is 23.1. The van der Waals surface area contributed by atoms with Gasteiger partial charge in [-0.2, -0.15) is 39.5 Å². The first-order valence-electron chi connectivity index (χ1n) is 28.9. The molecule has 0 radical (unpaired) electrons. The van der Waals surface area contributed by atoms with E-state index in [2.05, 4.69) is 15.0 Å². The Labute approximate surface area is 522 Å². The van der Waals surface area contributed by atoms with Crippen molar-refractivity contribution in [2.45, 2.75) is 77.1 Å². The van der Waals surface area contributed by atoms with Crippen molar-refractivity contribution in [1.29, 1.82) is 0 Å². The van der Waals surface area contributed by atoms with Gasteiger partial charge in [0.1, 0.15) is 37.8 Å². The van der Waals surface area contributed by atoms with Gasteiger partial charge in [0, 0.05) is 56.0 Å². The Hall–Kier alpha value is -9.03. The lowest BCUT2D eigenvalue weighted by Crippen LogP contribution is -2.65. The molecule has 0 spiro atoms. The summed E-state index contributed by atoms with van der Waals surface area (Å²) in [5.41, 5.74) is 0.683. The first-order chi connectivity index (χ1) is 43.9. The fourth-order valence-corrected chi connectivity index (χ4v) is 11.2. The number of pyridine rings is 3. The van der Waals surface area contributed by atoms with Crippen molar-refractivity contribution in [3.63, 3.8) is 0 Å². The molecule has 6 aliphatic rings. The number of anilines is 3. The predicted octanol–water partition coefficient (Wildman–Crippen LogP) is 8.81. The number of ether oxygens (including phenoxy) is 3. The fourth-order valence-electron chi connectivity index (χ4n) is 11.2. The second kappa shape index (κ2) is 26.9. The first kappa shape index (κ1) is 66.9. The maximum absolute atomic E-state index is 14.4. The largest absolute Gasteiger partial charge is 0.416 e. The Morgan fingerprint density at radius 3 is 0.796 bits per heavy atom. The zero-order valence-electron chi connectivity index (χ0n) is 49.6. The molecule has 0 aliphatic carbocycles. The molecule has 30 heteroatoms. The van der Waals surface area contributed by atoms with Crippen LogP contribution < -0.4 is 14.7 Å². The minimum atomic E-state index is -4.47. The van der Waals surface area contributed by atoms with Crippen molar-refractivity contribution in [1.82, 2.24) is 29.7 Å². The van der Waals surface area contributed by atoms with Gasteiger partial charge in [0.2, 0.25) is 17.7 Å². The van der Waals surface area contributed by atoms with Crippen LogP contribution in [0.2, 0.25) is 0 Å². The normalized spacial score (nSPS) is 20.2. The molecule has 0 N–H and O–H groups in total. The number of amides is 6. The molecule has 6 amide bonds. The highest BCUT2D eigenvalue weighted by atomic mass is 19.4. The molecule has 3 aromatic carbocycles. The maximum atomic E-state index is 14.4. The zero-order chi connectivity index (χ0) is 67.0. The number of hydrogen-bond donors (Lipinski definition) is 0. The van der Waals surface area contributed by atoms with Crippen LogP contribution in [0, 0.1) is 56.0 Å². The summed E-state index contributed by atoms with van der Waals surface area (Å²) in [6.07, 6.45) is -9.17. The van der Waals surface area contributed by atoms with E-state index in [1.165, 1.54) is 87.9 Å². The van der Waals surface area contributed by atoms with E-state index in [1.54, 1.807) is 20.8 Å². The number of hydrogen-bond acceptors (Lipinski definition) is 12. The molecular weight excluding hydrogens is 1250 g/mol.